The monoisotopic (exact) mass is 326 g/mol. The highest BCUT2D eigenvalue weighted by Crippen LogP contribution is 2.31. The number of amides is 1. The normalized spacial score (nSPS) is 18.8. The van der Waals surface area contributed by atoms with Crippen LogP contribution in [0.1, 0.15) is 28.8 Å². The van der Waals surface area contributed by atoms with Gasteiger partial charge in [-0.3, -0.25) is 4.79 Å². The van der Waals surface area contributed by atoms with Crippen molar-refractivity contribution < 1.29 is 22.4 Å². The summed E-state index contributed by atoms with van der Waals surface area (Å²) in [7, 11) is 0. The van der Waals surface area contributed by atoms with Crippen molar-refractivity contribution in [2.24, 2.45) is 0 Å². The number of benzene rings is 1. The number of halogens is 5. The van der Waals surface area contributed by atoms with Gasteiger partial charge in [-0.2, -0.15) is 13.2 Å². The molecule has 1 aliphatic rings. The van der Waals surface area contributed by atoms with Crippen molar-refractivity contribution in [2.45, 2.75) is 25.1 Å². The molecule has 0 aromatic heterocycles. The topological polar surface area (TPSA) is 41.1 Å². The second kappa shape index (κ2) is 7.09. The van der Waals surface area contributed by atoms with E-state index < -0.39 is 23.5 Å². The summed E-state index contributed by atoms with van der Waals surface area (Å²) in [5.74, 6) is -2.00. The third-order valence-corrected chi connectivity index (χ3v) is 3.17. The van der Waals surface area contributed by atoms with Crippen LogP contribution in [0.4, 0.5) is 17.6 Å². The van der Waals surface area contributed by atoms with E-state index in [-0.39, 0.29) is 24.0 Å². The van der Waals surface area contributed by atoms with Crippen LogP contribution in [0.5, 0.6) is 0 Å². The van der Waals surface area contributed by atoms with Gasteiger partial charge in [-0.15, -0.1) is 12.4 Å². The van der Waals surface area contributed by atoms with Crippen LogP contribution in [0.2, 0.25) is 0 Å². The van der Waals surface area contributed by atoms with Crippen molar-refractivity contribution >= 4 is 18.3 Å². The zero-order valence-electron chi connectivity index (χ0n) is 11.0. The highest BCUT2D eigenvalue weighted by atomic mass is 35.5. The van der Waals surface area contributed by atoms with Crippen LogP contribution < -0.4 is 10.6 Å². The van der Waals surface area contributed by atoms with E-state index >= 15 is 0 Å². The third kappa shape index (κ3) is 4.57. The zero-order valence-corrected chi connectivity index (χ0v) is 11.8. The summed E-state index contributed by atoms with van der Waals surface area (Å²) in [5.41, 5.74) is -1.61. The van der Waals surface area contributed by atoms with Crippen molar-refractivity contribution in [1.29, 1.82) is 0 Å². The fraction of sp³-hybridized carbons (Fsp3) is 0.462. The molecule has 1 saturated heterocycles. The minimum atomic E-state index is -4.81. The van der Waals surface area contributed by atoms with E-state index in [1.807, 2.05) is 0 Å². The molecule has 21 heavy (non-hydrogen) atoms. The van der Waals surface area contributed by atoms with E-state index in [0.717, 1.165) is 25.5 Å². The Labute approximate surface area is 125 Å². The fourth-order valence-corrected chi connectivity index (χ4v) is 2.13. The maximum absolute atomic E-state index is 13.1. The van der Waals surface area contributed by atoms with E-state index in [2.05, 4.69) is 10.6 Å². The Kier molecular flexibility index (Phi) is 5.98. The molecule has 1 aliphatic heterocycles. The van der Waals surface area contributed by atoms with E-state index in [1.54, 1.807) is 0 Å². The molecular formula is C13H15ClF4N2O. The van der Waals surface area contributed by atoms with Crippen molar-refractivity contribution in [1.82, 2.24) is 10.6 Å². The number of rotatable bonds is 2. The average Bonchev–Trinajstić information content (AvgIpc) is 2.39. The first-order valence-corrected chi connectivity index (χ1v) is 6.26. The first-order valence-electron chi connectivity index (χ1n) is 6.26. The van der Waals surface area contributed by atoms with Crippen LogP contribution >= 0.6 is 12.4 Å². The van der Waals surface area contributed by atoms with Crippen molar-refractivity contribution in [2.75, 3.05) is 13.1 Å². The summed E-state index contributed by atoms with van der Waals surface area (Å²) in [6.45, 7) is 1.44. The second-order valence-corrected chi connectivity index (χ2v) is 4.71. The summed E-state index contributed by atoms with van der Waals surface area (Å²) >= 11 is 0. The summed E-state index contributed by atoms with van der Waals surface area (Å²) < 4.78 is 50.8. The Morgan fingerprint density at radius 3 is 2.62 bits per heavy atom. The molecule has 1 heterocycles. The van der Waals surface area contributed by atoms with Crippen LogP contribution in [-0.2, 0) is 6.18 Å². The lowest BCUT2D eigenvalue weighted by Gasteiger charge is -2.24. The predicted molar refractivity (Wildman–Crippen MR) is 72.0 cm³/mol. The molecule has 1 fully saturated rings. The Hall–Kier alpha value is -1.34. The van der Waals surface area contributed by atoms with Gasteiger partial charge >= 0.3 is 6.18 Å². The van der Waals surface area contributed by atoms with Crippen molar-refractivity contribution in [3.63, 3.8) is 0 Å². The smallest absolute Gasteiger partial charge is 0.348 e. The Bertz CT molecular complexity index is 501. The van der Waals surface area contributed by atoms with Crippen LogP contribution in [0, 0.1) is 5.82 Å². The number of hydrogen-bond acceptors (Lipinski definition) is 2. The Morgan fingerprint density at radius 2 is 2.05 bits per heavy atom. The lowest BCUT2D eigenvalue weighted by molar-refractivity contribution is -0.140. The Morgan fingerprint density at radius 1 is 1.33 bits per heavy atom. The predicted octanol–water partition coefficient (Wildman–Crippen LogP) is 2.75. The van der Waals surface area contributed by atoms with Gasteiger partial charge in [-0.05, 0) is 37.6 Å². The fourth-order valence-electron chi connectivity index (χ4n) is 2.13. The molecule has 1 amide bonds. The molecule has 118 valence electrons. The highest BCUT2D eigenvalue weighted by molar-refractivity contribution is 5.94. The number of carbonyl (C=O) groups excluding carboxylic acids is 1. The van der Waals surface area contributed by atoms with E-state index in [0.29, 0.717) is 18.7 Å². The third-order valence-electron chi connectivity index (χ3n) is 3.17. The largest absolute Gasteiger partial charge is 0.419 e. The Balaban J connectivity index is 0.00000220. The van der Waals surface area contributed by atoms with Gasteiger partial charge in [0, 0.05) is 18.2 Å². The first-order chi connectivity index (χ1) is 9.38. The van der Waals surface area contributed by atoms with Gasteiger partial charge in [0.15, 0.2) is 0 Å². The van der Waals surface area contributed by atoms with Crippen LogP contribution in [-0.4, -0.2) is 25.0 Å². The summed E-state index contributed by atoms with van der Waals surface area (Å²) in [6.07, 6.45) is -3.15. The molecule has 3 nitrogen and oxygen atoms in total. The van der Waals surface area contributed by atoms with Crippen molar-refractivity contribution in [3.05, 3.63) is 35.1 Å². The van der Waals surface area contributed by atoms with Crippen LogP contribution in [0.3, 0.4) is 0 Å². The second-order valence-electron chi connectivity index (χ2n) is 4.71. The number of hydrogen-bond donors (Lipinski definition) is 2. The van der Waals surface area contributed by atoms with Gasteiger partial charge < -0.3 is 10.6 Å². The molecule has 2 N–H and O–H groups in total. The zero-order chi connectivity index (χ0) is 14.8. The molecular weight excluding hydrogens is 312 g/mol. The highest BCUT2D eigenvalue weighted by Gasteiger charge is 2.34. The van der Waals surface area contributed by atoms with Gasteiger partial charge in [0.2, 0.25) is 0 Å². The minimum absolute atomic E-state index is 0. The molecule has 0 spiro atoms. The molecule has 2 rings (SSSR count). The van der Waals surface area contributed by atoms with Crippen LogP contribution in [0.25, 0.3) is 0 Å². The summed E-state index contributed by atoms with van der Waals surface area (Å²) in [5, 5.41) is 5.72. The molecule has 8 heteroatoms. The average molecular weight is 327 g/mol. The van der Waals surface area contributed by atoms with Gasteiger partial charge in [-0.25, -0.2) is 4.39 Å². The molecule has 1 atom stereocenters. The number of alkyl halides is 3. The maximum Gasteiger partial charge on any atom is 0.419 e. The lowest BCUT2D eigenvalue weighted by atomic mass is 10.1. The lowest BCUT2D eigenvalue weighted by Crippen LogP contribution is -2.45. The molecule has 1 aromatic rings. The van der Waals surface area contributed by atoms with Gasteiger partial charge in [0.1, 0.15) is 5.82 Å². The standard InChI is InChI=1S/C13H14F4N2O.ClH/c14-11-4-3-8(6-10(11)13(15,16)17)12(20)19-9-2-1-5-18-7-9;/h3-4,6,9,18H,1-2,5,7H2,(H,19,20);1H/t9-;/m0./s1. The number of carbonyl (C=O) groups is 1. The van der Waals surface area contributed by atoms with E-state index in [4.69, 9.17) is 0 Å². The summed E-state index contributed by atoms with van der Waals surface area (Å²) in [4.78, 5) is 11.9. The molecule has 0 bridgehead atoms. The number of nitrogens with one attached hydrogen (secondary N) is 2. The maximum atomic E-state index is 13.1. The molecule has 0 unspecified atom stereocenters. The molecule has 0 radical (unpaired) electrons. The minimum Gasteiger partial charge on any atom is -0.348 e. The van der Waals surface area contributed by atoms with Crippen LogP contribution in [0.15, 0.2) is 18.2 Å². The van der Waals surface area contributed by atoms with E-state index in [9.17, 15) is 22.4 Å². The van der Waals surface area contributed by atoms with Gasteiger partial charge in [0.05, 0.1) is 5.56 Å². The number of piperidine rings is 1. The quantitative estimate of drug-likeness (QED) is 0.821. The SMILES string of the molecule is Cl.O=C(N[C@H]1CCCNC1)c1ccc(F)c(C(F)(F)F)c1. The van der Waals surface area contributed by atoms with Gasteiger partial charge in [-0.1, -0.05) is 0 Å². The summed E-state index contributed by atoms with van der Waals surface area (Å²) in [6, 6.07) is 2.14. The molecule has 1 aromatic carbocycles. The van der Waals surface area contributed by atoms with E-state index in [1.165, 1.54) is 0 Å². The molecule has 0 aliphatic carbocycles. The first kappa shape index (κ1) is 17.7. The molecule has 0 saturated carbocycles. The van der Waals surface area contributed by atoms with Gasteiger partial charge in [0.25, 0.3) is 5.91 Å². The van der Waals surface area contributed by atoms with Crippen molar-refractivity contribution in [3.8, 4) is 0 Å².